The van der Waals surface area contributed by atoms with Crippen LogP contribution in [0.5, 0.6) is 0 Å². The number of piperidine rings is 1. The minimum Gasteiger partial charge on any atom is -0.341 e. The fraction of sp³-hybridized carbons (Fsp3) is 0.667. The van der Waals surface area contributed by atoms with E-state index in [4.69, 9.17) is 11.6 Å². The number of aryl methyl sites for hydroxylation is 1. The molecule has 4 heteroatoms. The molecule has 1 aromatic rings. The maximum absolute atomic E-state index is 5.80. The zero-order valence-electron chi connectivity index (χ0n) is 9.69. The standard InChI is InChI=1S/C12H18ClN3/c1-10-7-14-12(15-8-10)16-6-2-3-11(9-16)4-5-13/h7-8,11H,2-6,9H2,1H3. The number of alkyl halides is 1. The predicted molar refractivity (Wildman–Crippen MR) is 67.0 cm³/mol. The second-order valence-corrected chi connectivity index (χ2v) is 4.87. The van der Waals surface area contributed by atoms with E-state index in [0.717, 1.165) is 36.9 Å². The summed E-state index contributed by atoms with van der Waals surface area (Å²) in [6.07, 6.45) is 7.37. The molecule has 1 atom stereocenters. The SMILES string of the molecule is Cc1cnc(N2CCCC(CCCl)C2)nc1. The molecule has 3 nitrogen and oxygen atoms in total. The maximum atomic E-state index is 5.80. The van der Waals surface area contributed by atoms with Gasteiger partial charge in [0.1, 0.15) is 0 Å². The molecule has 1 fully saturated rings. The van der Waals surface area contributed by atoms with E-state index in [1.54, 1.807) is 0 Å². The number of nitrogens with zero attached hydrogens (tertiary/aromatic N) is 3. The quantitative estimate of drug-likeness (QED) is 0.760. The molecule has 2 heterocycles. The van der Waals surface area contributed by atoms with Gasteiger partial charge in [0, 0.05) is 31.4 Å². The van der Waals surface area contributed by atoms with Gasteiger partial charge in [0.15, 0.2) is 0 Å². The number of aromatic nitrogens is 2. The Balaban J connectivity index is 2.01. The van der Waals surface area contributed by atoms with Gasteiger partial charge in [-0.15, -0.1) is 11.6 Å². The molecule has 0 saturated carbocycles. The van der Waals surface area contributed by atoms with Gasteiger partial charge in [-0.25, -0.2) is 9.97 Å². The molecule has 1 aromatic heterocycles. The van der Waals surface area contributed by atoms with Crippen LogP contribution in [-0.2, 0) is 0 Å². The van der Waals surface area contributed by atoms with Crippen LogP contribution in [0.1, 0.15) is 24.8 Å². The van der Waals surface area contributed by atoms with Crippen molar-refractivity contribution < 1.29 is 0 Å². The molecule has 1 aliphatic rings. The Morgan fingerprint density at radius 1 is 1.44 bits per heavy atom. The van der Waals surface area contributed by atoms with Gasteiger partial charge in [-0.3, -0.25) is 0 Å². The van der Waals surface area contributed by atoms with E-state index in [1.165, 1.54) is 12.8 Å². The average Bonchev–Trinajstić information content (AvgIpc) is 2.31. The molecule has 1 saturated heterocycles. The van der Waals surface area contributed by atoms with Gasteiger partial charge in [-0.2, -0.15) is 0 Å². The Morgan fingerprint density at radius 2 is 2.19 bits per heavy atom. The summed E-state index contributed by atoms with van der Waals surface area (Å²) in [6.45, 7) is 4.13. The Labute approximate surface area is 102 Å². The third-order valence-corrected chi connectivity index (χ3v) is 3.30. The van der Waals surface area contributed by atoms with E-state index in [0.29, 0.717) is 5.92 Å². The second-order valence-electron chi connectivity index (χ2n) is 4.49. The van der Waals surface area contributed by atoms with E-state index >= 15 is 0 Å². The van der Waals surface area contributed by atoms with E-state index in [9.17, 15) is 0 Å². The van der Waals surface area contributed by atoms with E-state index in [1.807, 2.05) is 19.3 Å². The summed E-state index contributed by atoms with van der Waals surface area (Å²) in [5.74, 6) is 2.33. The Bertz CT molecular complexity index is 324. The van der Waals surface area contributed by atoms with Crippen LogP contribution in [0.3, 0.4) is 0 Å². The van der Waals surface area contributed by atoms with Crippen molar-refractivity contribution in [3.63, 3.8) is 0 Å². The summed E-state index contributed by atoms with van der Waals surface area (Å²) in [7, 11) is 0. The highest BCUT2D eigenvalue weighted by molar-refractivity contribution is 6.17. The largest absolute Gasteiger partial charge is 0.341 e. The molecule has 16 heavy (non-hydrogen) atoms. The minimum atomic E-state index is 0.705. The molecular weight excluding hydrogens is 222 g/mol. The first-order valence-electron chi connectivity index (χ1n) is 5.89. The van der Waals surface area contributed by atoms with Crippen molar-refractivity contribution in [3.05, 3.63) is 18.0 Å². The summed E-state index contributed by atoms with van der Waals surface area (Å²) in [6, 6.07) is 0. The summed E-state index contributed by atoms with van der Waals surface area (Å²) in [4.78, 5) is 11.0. The van der Waals surface area contributed by atoms with E-state index in [2.05, 4.69) is 14.9 Å². The molecule has 1 aliphatic heterocycles. The predicted octanol–water partition coefficient (Wildman–Crippen LogP) is 2.63. The molecule has 0 spiro atoms. The van der Waals surface area contributed by atoms with Gasteiger partial charge in [-0.05, 0) is 37.7 Å². The zero-order valence-corrected chi connectivity index (χ0v) is 10.5. The highest BCUT2D eigenvalue weighted by Gasteiger charge is 2.20. The lowest BCUT2D eigenvalue weighted by Crippen LogP contribution is -2.36. The molecular formula is C12H18ClN3. The van der Waals surface area contributed by atoms with Gasteiger partial charge in [0.2, 0.25) is 5.95 Å². The summed E-state index contributed by atoms with van der Waals surface area (Å²) in [5.41, 5.74) is 1.11. The number of hydrogen-bond acceptors (Lipinski definition) is 3. The van der Waals surface area contributed by atoms with Gasteiger partial charge < -0.3 is 4.90 Å². The summed E-state index contributed by atoms with van der Waals surface area (Å²) >= 11 is 5.80. The molecule has 0 aliphatic carbocycles. The first kappa shape index (κ1) is 11.6. The Hall–Kier alpha value is -0.830. The van der Waals surface area contributed by atoms with Crippen LogP contribution in [-0.4, -0.2) is 28.9 Å². The molecule has 0 bridgehead atoms. The smallest absolute Gasteiger partial charge is 0.225 e. The number of anilines is 1. The van der Waals surface area contributed by atoms with Gasteiger partial charge in [0.25, 0.3) is 0 Å². The number of rotatable bonds is 3. The fourth-order valence-electron chi connectivity index (χ4n) is 2.19. The Kier molecular flexibility index (Phi) is 3.99. The minimum absolute atomic E-state index is 0.705. The molecule has 0 aromatic carbocycles. The second kappa shape index (κ2) is 5.48. The number of halogens is 1. The molecule has 1 unspecified atom stereocenters. The molecule has 2 rings (SSSR count). The van der Waals surface area contributed by atoms with Gasteiger partial charge in [-0.1, -0.05) is 0 Å². The highest BCUT2D eigenvalue weighted by atomic mass is 35.5. The van der Waals surface area contributed by atoms with Crippen molar-refractivity contribution in [3.8, 4) is 0 Å². The monoisotopic (exact) mass is 239 g/mol. The zero-order chi connectivity index (χ0) is 11.4. The third kappa shape index (κ3) is 2.85. The van der Waals surface area contributed by atoms with Crippen LogP contribution in [0.4, 0.5) is 5.95 Å². The van der Waals surface area contributed by atoms with Crippen molar-refractivity contribution in [2.75, 3.05) is 23.9 Å². The summed E-state index contributed by atoms with van der Waals surface area (Å²) < 4.78 is 0. The highest BCUT2D eigenvalue weighted by Crippen LogP contribution is 2.22. The van der Waals surface area contributed by atoms with Gasteiger partial charge in [0.05, 0.1) is 0 Å². The van der Waals surface area contributed by atoms with Crippen molar-refractivity contribution in [2.45, 2.75) is 26.2 Å². The Morgan fingerprint density at radius 3 is 2.88 bits per heavy atom. The average molecular weight is 240 g/mol. The normalized spacial score (nSPS) is 21.1. The molecule has 0 radical (unpaired) electrons. The first-order chi connectivity index (χ1) is 7.79. The van der Waals surface area contributed by atoms with Crippen LogP contribution >= 0.6 is 11.6 Å². The van der Waals surface area contributed by atoms with E-state index < -0.39 is 0 Å². The van der Waals surface area contributed by atoms with Crippen LogP contribution in [0.2, 0.25) is 0 Å². The maximum Gasteiger partial charge on any atom is 0.225 e. The number of hydrogen-bond donors (Lipinski definition) is 0. The van der Waals surface area contributed by atoms with E-state index in [-0.39, 0.29) is 0 Å². The molecule has 0 amide bonds. The van der Waals surface area contributed by atoms with Crippen molar-refractivity contribution >= 4 is 17.5 Å². The van der Waals surface area contributed by atoms with Gasteiger partial charge >= 0.3 is 0 Å². The molecule has 88 valence electrons. The molecule has 0 N–H and O–H groups in total. The topological polar surface area (TPSA) is 29.0 Å². The fourth-order valence-corrected chi connectivity index (χ4v) is 2.49. The van der Waals surface area contributed by atoms with Crippen LogP contribution in [0.25, 0.3) is 0 Å². The van der Waals surface area contributed by atoms with Crippen LogP contribution < -0.4 is 4.90 Å². The van der Waals surface area contributed by atoms with Crippen molar-refractivity contribution in [1.82, 2.24) is 9.97 Å². The van der Waals surface area contributed by atoms with Crippen LogP contribution in [0.15, 0.2) is 12.4 Å². The lowest BCUT2D eigenvalue weighted by Gasteiger charge is -2.32. The van der Waals surface area contributed by atoms with Crippen molar-refractivity contribution in [2.24, 2.45) is 5.92 Å². The lowest BCUT2D eigenvalue weighted by molar-refractivity contribution is 0.402. The van der Waals surface area contributed by atoms with Crippen LogP contribution in [0, 0.1) is 12.8 Å². The summed E-state index contributed by atoms with van der Waals surface area (Å²) in [5, 5.41) is 0. The lowest BCUT2D eigenvalue weighted by atomic mass is 9.96. The first-order valence-corrected chi connectivity index (χ1v) is 6.42. The van der Waals surface area contributed by atoms with Crippen molar-refractivity contribution in [1.29, 1.82) is 0 Å². The third-order valence-electron chi connectivity index (χ3n) is 3.09.